The molecule has 0 rings (SSSR count). The molecular weight excluding hydrogens is 935 g/mol. The summed E-state index contributed by atoms with van der Waals surface area (Å²) in [5.74, 6) is -2.00. The summed E-state index contributed by atoms with van der Waals surface area (Å²) < 4.78 is 22.8. The molecule has 0 amide bonds. The first-order valence-corrected chi connectivity index (χ1v) is 32.9. The summed E-state index contributed by atoms with van der Waals surface area (Å²) in [6.07, 6.45) is 66.6. The molecular formula is C66H128NO8+. The molecule has 0 spiro atoms. The van der Waals surface area contributed by atoms with Crippen molar-refractivity contribution in [2.24, 2.45) is 0 Å². The van der Waals surface area contributed by atoms with Gasteiger partial charge in [-0.05, 0) is 32.1 Å². The first-order valence-electron chi connectivity index (χ1n) is 32.9. The fourth-order valence-corrected chi connectivity index (χ4v) is 9.96. The zero-order valence-electron chi connectivity index (χ0n) is 50.7. The first kappa shape index (κ1) is 73.0. The van der Waals surface area contributed by atoms with Crippen LogP contribution in [0.1, 0.15) is 335 Å². The van der Waals surface area contributed by atoms with E-state index in [4.69, 9.17) is 18.9 Å². The lowest BCUT2D eigenvalue weighted by atomic mass is 10.0. The van der Waals surface area contributed by atoms with Gasteiger partial charge in [-0.25, -0.2) is 4.79 Å². The summed E-state index contributed by atoms with van der Waals surface area (Å²) in [4.78, 5) is 37.3. The zero-order chi connectivity index (χ0) is 54.8. The van der Waals surface area contributed by atoms with Crippen molar-refractivity contribution in [2.45, 2.75) is 347 Å². The third kappa shape index (κ3) is 59.5. The quantitative estimate of drug-likeness (QED) is 0.0211. The first-order chi connectivity index (χ1) is 36.6. The fraction of sp³-hybridized carbons (Fsp3) is 0.924. The summed E-state index contributed by atoms with van der Waals surface area (Å²) in [6.45, 7) is 4.85. The number of hydrogen-bond acceptors (Lipinski definition) is 7. The standard InChI is InChI=1S/C66H127NO8/c1-6-8-10-12-14-16-18-19-20-21-22-23-24-25-26-27-28-29-30-31-32-33-34-35-36-37-38-39-40-41-42-43-44-45-46-47-49-50-52-54-56-63(68)73-60-62(61-74-66(65(70)71)72-59-58-67(3,4)5)75-64(69)57-55-53-51-48-17-15-13-11-9-7-2/h11,13,62,66H,6-10,12,14-61H2,1-5H3/p+1/b13-11-. The van der Waals surface area contributed by atoms with Crippen LogP contribution in [0.25, 0.3) is 0 Å². The van der Waals surface area contributed by atoms with Gasteiger partial charge in [0, 0.05) is 12.8 Å². The predicted molar refractivity (Wildman–Crippen MR) is 318 cm³/mol. The SMILES string of the molecule is CCC/C=C\CCCCCCCC(=O)OC(COC(=O)CCCCCCCCCCCCCCCCCCCCCCCCCCCCCCCCCCCCCCCCCC)COC(OCC[N+](C)(C)C)C(=O)O. The van der Waals surface area contributed by atoms with Gasteiger partial charge in [-0.15, -0.1) is 0 Å². The van der Waals surface area contributed by atoms with E-state index in [0.717, 1.165) is 57.8 Å². The lowest BCUT2D eigenvalue weighted by Crippen LogP contribution is -2.40. The maximum Gasteiger partial charge on any atom is 0.361 e. The molecule has 9 nitrogen and oxygen atoms in total. The van der Waals surface area contributed by atoms with Crippen LogP contribution < -0.4 is 0 Å². The van der Waals surface area contributed by atoms with E-state index in [-0.39, 0.29) is 32.2 Å². The Morgan fingerprint density at radius 3 is 1.04 bits per heavy atom. The van der Waals surface area contributed by atoms with Crippen LogP contribution in [0, 0.1) is 0 Å². The number of ether oxygens (including phenoxy) is 4. The summed E-state index contributed by atoms with van der Waals surface area (Å²) in [5, 5.41) is 9.67. The zero-order valence-corrected chi connectivity index (χ0v) is 50.7. The second-order valence-corrected chi connectivity index (χ2v) is 23.8. The van der Waals surface area contributed by atoms with Gasteiger partial charge in [0.25, 0.3) is 6.29 Å². The molecule has 9 heteroatoms. The lowest BCUT2D eigenvalue weighted by molar-refractivity contribution is -0.870. The molecule has 0 aromatic rings. The van der Waals surface area contributed by atoms with Crippen molar-refractivity contribution in [3.05, 3.63) is 12.2 Å². The van der Waals surface area contributed by atoms with Crippen LogP contribution in [0.5, 0.6) is 0 Å². The third-order valence-electron chi connectivity index (χ3n) is 15.0. The molecule has 0 aliphatic carbocycles. The Kier molecular flexibility index (Phi) is 56.7. The molecule has 75 heavy (non-hydrogen) atoms. The van der Waals surface area contributed by atoms with E-state index in [1.165, 1.54) is 244 Å². The van der Waals surface area contributed by atoms with Crippen molar-refractivity contribution in [1.82, 2.24) is 0 Å². The highest BCUT2D eigenvalue weighted by Gasteiger charge is 2.25. The number of esters is 2. The Morgan fingerprint density at radius 1 is 0.387 bits per heavy atom. The van der Waals surface area contributed by atoms with E-state index >= 15 is 0 Å². The van der Waals surface area contributed by atoms with Gasteiger partial charge >= 0.3 is 17.9 Å². The summed E-state index contributed by atoms with van der Waals surface area (Å²) in [6, 6.07) is 0. The number of unbranched alkanes of at least 4 members (excludes halogenated alkanes) is 45. The number of carboxylic acids is 1. The molecule has 444 valence electrons. The van der Waals surface area contributed by atoms with Crippen LogP contribution in [0.4, 0.5) is 0 Å². The Hall–Kier alpha value is -1.97. The lowest BCUT2D eigenvalue weighted by Gasteiger charge is -2.25. The van der Waals surface area contributed by atoms with Crippen molar-refractivity contribution >= 4 is 17.9 Å². The van der Waals surface area contributed by atoms with Crippen molar-refractivity contribution in [1.29, 1.82) is 0 Å². The van der Waals surface area contributed by atoms with Crippen molar-refractivity contribution in [3.8, 4) is 0 Å². The molecule has 2 unspecified atom stereocenters. The van der Waals surface area contributed by atoms with Gasteiger partial charge in [-0.1, -0.05) is 302 Å². The number of aliphatic carboxylic acids is 1. The van der Waals surface area contributed by atoms with E-state index in [1.807, 2.05) is 21.1 Å². The second kappa shape index (κ2) is 58.2. The Labute approximate surface area is 465 Å². The molecule has 0 aromatic heterocycles. The van der Waals surface area contributed by atoms with Crippen molar-refractivity contribution in [2.75, 3.05) is 47.5 Å². The average molecular weight is 1060 g/mol. The van der Waals surface area contributed by atoms with E-state index in [9.17, 15) is 19.5 Å². The Morgan fingerprint density at radius 2 is 0.707 bits per heavy atom. The molecule has 0 heterocycles. The van der Waals surface area contributed by atoms with E-state index in [2.05, 4.69) is 26.0 Å². The van der Waals surface area contributed by atoms with E-state index in [1.54, 1.807) is 0 Å². The monoisotopic (exact) mass is 1060 g/mol. The smallest absolute Gasteiger partial charge is 0.361 e. The van der Waals surface area contributed by atoms with Crippen LogP contribution in [-0.2, 0) is 33.3 Å². The number of rotatable bonds is 62. The van der Waals surface area contributed by atoms with Crippen molar-refractivity contribution in [3.63, 3.8) is 0 Å². The number of nitrogens with zero attached hydrogens (tertiary/aromatic N) is 1. The van der Waals surface area contributed by atoms with Gasteiger partial charge in [0.2, 0.25) is 0 Å². The minimum Gasteiger partial charge on any atom is -0.477 e. The highest BCUT2D eigenvalue weighted by Crippen LogP contribution is 2.19. The minimum absolute atomic E-state index is 0.179. The number of carboxylic acid groups (broad SMARTS) is 1. The number of hydrogen-bond donors (Lipinski definition) is 1. The van der Waals surface area contributed by atoms with Crippen LogP contribution >= 0.6 is 0 Å². The molecule has 2 atom stereocenters. The minimum atomic E-state index is -1.51. The van der Waals surface area contributed by atoms with Crippen molar-refractivity contribution < 1.29 is 42.9 Å². The van der Waals surface area contributed by atoms with Gasteiger partial charge in [0.05, 0.1) is 34.4 Å². The molecule has 0 radical (unpaired) electrons. The highest BCUT2D eigenvalue weighted by atomic mass is 16.7. The van der Waals surface area contributed by atoms with E-state index < -0.39 is 24.3 Å². The maximum absolute atomic E-state index is 12.8. The van der Waals surface area contributed by atoms with Gasteiger partial charge < -0.3 is 28.5 Å². The largest absolute Gasteiger partial charge is 0.477 e. The summed E-state index contributed by atoms with van der Waals surface area (Å²) in [7, 11) is 5.97. The van der Waals surface area contributed by atoms with E-state index in [0.29, 0.717) is 23.9 Å². The summed E-state index contributed by atoms with van der Waals surface area (Å²) >= 11 is 0. The molecule has 0 aromatic carbocycles. The number of carbonyl (C=O) groups is 3. The van der Waals surface area contributed by atoms with Crippen LogP contribution in [0.2, 0.25) is 0 Å². The fourth-order valence-electron chi connectivity index (χ4n) is 9.96. The molecule has 0 fully saturated rings. The predicted octanol–water partition coefficient (Wildman–Crippen LogP) is 19.7. The van der Waals surface area contributed by atoms with Gasteiger partial charge in [0.15, 0.2) is 6.10 Å². The normalized spacial score (nSPS) is 12.7. The Balaban J connectivity index is 3.78. The molecule has 0 aliphatic heterocycles. The van der Waals surface area contributed by atoms with Crippen LogP contribution in [0.3, 0.4) is 0 Å². The topological polar surface area (TPSA) is 108 Å². The Bertz CT molecular complexity index is 1240. The van der Waals surface area contributed by atoms with Gasteiger partial charge in [-0.3, -0.25) is 9.59 Å². The molecule has 0 saturated carbocycles. The average Bonchev–Trinajstić information content (AvgIpc) is 3.38. The molecule has 0 saturated heterocycles. The third-order valence-corrected chi connectivity index (χ3v) is 15.0. The molecule has 0 bridgehead atoms. The highest BCUT2D eigenvalue weighted by molar-refractivity contribution is 5.71. The van der Waals surface area contributed by atoms with Crippen LogP contribution in [0.15, 0.2) is 12.2 Å². The van der Waals surface area contributed by atoms with Crippen LogP contribution in [-0.4, -0.2) is 87.4 Å². The number of likely N-dealkylation sites (N-methyl/N-ethyl adjacent to an activating group) is 1. The summed E-state index contributed by atoms with van der Waals surface area (Å²) in [5.41, 5.74) is 0. The number of quaternary nitrogens is 1. The maximum atomic E-state index is 12.8. The van der Waals surface area contributed by atoms with Gasteiger partial charge in [-0.2, -0.15) is 0 Å². The molecule has 0 aliphatic rings. The van der Waals surface area contributed by atoms with Gasteiger partial charge in [0.1, 0.15) is 13.2 Å². The number of allylic oxidation sites excluding steroid dienone is 2. The second-order valence-electron chi connectivity index (χ2n) is 23.8. The number of carbonyl (C=O) groups excluding carboxylic acids is 2. The molecule has 1 N–H and O–H groups in total.